The Kier molecular flexibility index (Phi) is 3.29. The van der Waals surface area contributed by atoms with E-state index < -0.39 is 0 Å². The van der Waals surface area contributed by atoms with Gasteiger partial charge in [-0.2, -0.15) is 0 Å². The molecule has 0 bridgehead atoms. The third-order valence-electron chi connectivity index (χ3n) is 2.35. The van der Waals surface area contributed by atoms with E-state index in [1.807, 2.05) is 19.1 Å². The van der Waals surface area contributed by atoms with Crippen LogP contribution in [-0.2, 0) is 9.47 Å². The molecular weight excluding hydrogens is 260 g/mol. The Hall–Kier alpha value is -0.580. The van der Waals surface area contributed by atoms with E-state index in [2.05, 4.69) is 15.9 Å². The second-order valence-electron chi connectivity index (χ2n) is 3.42. The van der Waals surface area contributed by atoms with Crippen molar-refractivity contribution < 1.29 is 14.2 Å². The molecule has 0 aromatic heterocycles. The number of methoxy groups -OCH3 is 1. The van der Waals surface area contributed by atoms with Gasteiger partial charge in [-0.3, -0.25) is 0 Å². The fourth-order valence-electron chi connectivity index (χ4n) is 1.75. The van der Waals surface area contributed by atoms with E-state index in [4.69, 9.17) is 14.2 Å². The molecule has 1 aliphatic rings. The SMILES string of the molecule is COc1c(C)cc(Br)cc1C1OCCO1. The van der Waals surface area contributed by atoms with Crippen LogP contribution < -0.4 is 4.74 Å². The minimum Gasteiger partial charge on any atom is -0.496 e. The second kappa shape index (κ2) is 4.51. The zero-order chi connectivity index (χ0) is 10.8. The molecule has 0 aliphatic carbocycles. The first-order chi connectivity index (χ1) is 7.22. The monoisotopic (exact) mass is 272 g/mol. The number of benzene rings is 1. The molecule has 1 fully saturated rings. The van der Waals surface area contributed by atoms with Gasteiger partial charge in [-0.25, -0.2) is 0 Å². The van der Waals surface area contributed by atoms with Crippen LogP contribution in [0.2, 0.25) is 0 Å². The Bertz CT molecular complexity index is 359. The van der Waals surface area contributed by atoms with Crippen molar-refractivity contribution in [1.82, 2.24) is 0 Å². The molecule has 0 saturated carbocycles. The molecule has 82 valence electrons. The van der Waals surface area contributed by atoms with Gasteiger partial charge < -0.3 is 14.2 Å². The average molecular weight is 273 g/mol. The van der Waals surface area contributed by atoms with Crippen LogP contribution >= 0.6 is 15.9 Å². The maximum absolute atomic E-state index is 5.47. The quantitative estimate of drug-likeness (QED) is 0.829. The lowest BCUT2D eigenvalue weighted by Gasteiger charge is -2.16. The van der Waals surface area contributed by atoms with Crippen LogP contribution in [0.25, 0.3) is 0 Å². The number of halogens is 1. The van der Waals surface area contributed by atoms with E-state index in [1.54, 1.807) is 7.11 Å². The summed E-state index contributed by atoms with van der Waals surface area (Å²) in [4.78, 5) is 0. The summed E-state index contributed by atoms with van der Waals surface area (Å²) in [5.74, 6) is 0.838. The Balaban J connectivity index is 2.42. The lowest BCUT2D eigenvalue weighted by molar-refractivity contribution is -0.0455. The fraction of sp³-hybridized carbons (Fsp3) is 0.455. The van der Waals surface area contributed by atoms with Crippen molar-refractivity contribution in [2.24, 2.45) is 0 Å². The zero-order valence-corrected chi connectivity index (χ0v) is 10.3. The summed E-state index contributed by atoms with van der Waals surface area (Å²) in [6, 6.07) is 3.99. The van der Waals surface area contributed by atoms with Gasteiger partial charge >= 0.3 is 0 Å². The lowest BCUT2D eigenvalue weighted by Crippen LogP contribution is -2.03. The standard InChI is InChI=1S/C11H13BrO3/c1-7-5-8(12)6-9(10(7)13-2)11-14-3-4-15-11/h5-6,11H,3-4H2,1-2H3. The first kappa shape index (κ1) is 10.9. The molecule has 1 saturated heterocycles. The van der Waals surface area contributed by atoms with E-state index >= 15 is 0 Å². The highest BCUT2D eigenvalue weighted by atomic mass is 79.9. The molecule has 15 heavy (non-hydrogen) atoms. The van der Waals surface area contributed by atoms with Crippen molar-refractivity contribution in [3.63, 3.8) is 0 Å². The number of hydrogen-bond acceptors (Lipinski definition) is 3. The van der Waals surface area contributed by atoms with Gasteiger partial charge in [0.05, 0.1) is 25.9 Å². The summed E-state index contributed by atoms with van der Waals surface area (Å²) >= 11 is 3.46. The van der Waals surface area contributed by atoms with Gasteiger partial charge in [0.25, 0.3) is 0 Å². The van der Waals surface area contributed by atoms with Gasteiger partial charge in [0.1, 0.15) is 5.75 Å². The van der Waals surface area contributed by atoms with Crippen LogP contribution in [0, 0.1) is 6.92 Å². The molecule has 1 aromatic rings. The van der Waals surface area contributed by atoms with Gasteiger partial charge in [-0.15, -0.1) is 0 Å². The molecule has 1 aromatic carbocycles. The topological polar surface area (TPSA) is 27.7 Å². The Labute approximate surface area is 97.5 Å². The Morgan fingerprint density at radius 3 is 2.60 bits per heavy atom. The molecule has 1 aliphatic heterocycles. The van der Waals surface area contributed by atoms with Crippen LogP contribution in [0.3, 0.4) is 0 Å². The predicted molar refractivity (Wildman–Crippen MR) is 60.1 cm³/mol. The molecule has 4 heteroatoms. The molecule has 0 N–H and O–H groups in total. The second-order valence-corrected chi connectivity index (χ2v) is 4.33. The van der Waals surface area contributed by atoms with E-state index in [9.17, 15) is 0 Å². The zero-order valence-electron chi connectivity index (χ0n) is 8.75. The summed E-state index contributed by atoms with van der Waals surface area (Å²) in [6.45, 7) is 3.28. The number of hydrogen-bond donors (Lipinski definition) is 0. The van der Waals surface area contributed by atoms with Crippen molar-refractivity contribution in [2.45, 2.75) is 13.2 Å². The maximum Gasteiger partial charge on any atom is 0.187 e. The summed E-state index contributed by atoms with van der Waals surface area (Å²) < 4.78 is 17.3. The highest BCUT2D eigenvalue weighted by Crippen LogP contribution is 2.35. The van der Waals surface area contributed by atoms with Crippen molar-refractivity contribution in [1.29, 1.82) is 0 Å². The molecule has 0 unspecified atom stereocenters. The number of rotatable bonds is 2. The Morgan fingerprint density at radius 2 is 2.00 bits per heavy atom. The highest BCUT2D eigenvalue weighted by Gasteiger charge is 2.23. The molecule has 1 heterocycles. The van der Waals surface area contributed by atoms with Crippen molar-refractivity contribution in [3.05, 3.63) is 27.7 Å². The minimum atomic E-state index is -0.295. The van der Waals surface area contributed by atoms with Crippen LogP contribution in [0.5, 0.6) is 5.75 Å². The van der Waals surface area contributed by atoms with E-state index in [0.717, 1.165) is 21.3 Å². The van der Waals surface area contributed by atoms with Gasteiger partial charge in [0.15, 0.2) is 6.29 Å². The van der Waals surface area contributed by atoms with Crippen molar-refractivity contribution in [3.8, 4) is 5.75 Å². The van der Waals surface area contributed by atoms with E-state index in [0.29, 0.717) is 13.2 Å². The van der Waals surface area contributed by atoms with Gasteiger partial charge in [0, 0.05) is 4.47 Å². The first-order valence-corrected chi connectivity index (χ1v) is 5.59. The summed E-state index contributed by atoms with van der Waals surface area (Å²) in [5, 5.41) is 0. The summed E-state index contributed by atoms with van der Waals surface area (Å²) in [5.41, 5.74) is 2.02. The summed E-state index contributed by atoms with van der Waals surface area (Å²) in [6.07, 6.45) is -0.295. The molecule has 0 radical (unpaired) electrons. The van der Waals surface area contributed by atoms with Gasteiger partial charge in [-0.05, 0) is 24.6 Å². The average Bonchev–Trinajstić information content (AvgIpc) is 2.69. The highest BCUT2D eigenvalue weighted by molar-refractivity contribution is 9.10. The minimum absolute atomic E-state index is 0.295. The van der Waals surface area contributed by atoms with E-state index in [1.165, 1.54) is 0 Å². The van der Waals surface area contributed by atoms with Crippen molar-refractivity contribution >= 4 is 15.9 Å². The van der Waals surface area contributed by atoms with Crippen LogP contribution in [0.15, 0.2) is 16.6 Å². The third-order valence-corrected chi connectivity index (χ3v) is 2.81. The normalized spacial score (nSPS) is 17.0. The molecule has 0 spiro atoms. The predicted octanol–water partition coefficient (Wildman–Crippen LogP) is 2.81. The maximum atomic E-state index is 5.47. The van der Waals surface area contributed by atoms with Crippen LogP contribution in [0.1, 0.15) is 17.4 Å². The number of ether oxygens (including phenoxy) is 3. The van der Waals surface area contributed by atoms with E-state index in [-0.39, 0.29) is 6.29 Å². The fourth-order valence-corrected chi connectivity index (χ4v) is 2.34. The van der Waals surface area contributed by atoms with Crippen LogP contribution in [-0.4, -0.2) is 20.3 Å². The third kappa shape index (κ3) is 2.17. The molecular formula is C11H13BrO3. The van der Waals surface area contributed by atoms with Crippen LogP contribution in [0.4, 0.5) is 0 Å². The lowest BCUT2D eigenvalue weighted by atomic mass is 10.1. The molecule has 3 nitrogen and oxygen atoms in total. The molecule has 2 rings (SSSR count). The smallest absolute Gasteiger partial charge is 0.187 e. The Morgan fingerprint density at radius 1 is 1.33 bits per heavy atom. The first-order valence-electron chi connectivity index (χ1n) is 4.79. The molecule has 0 amide bonds. The van der Waals surface area contributed by atoms with Gasteiger partial charge in [0.2, 0.25) is 0 Å². The summed E-state index contributed by atoms with van der Waals surface area (Å²) in [7, 11) is 1.66. The number of aryl methyl sites for hydroxylation is 1. The van der Waals surface area contributed by atoms with Gasteiger partial charge in [-0.1, -0.05) is 15.9 Å². The molecule has 0 atom stereocenters. The largest absolute Gasteiger partial charge is 0.496 e. The van der Waals surface area contributed by atoms with Crippen molar-refractivity contribution in [2.75, 3.05) is 20.3 Å².